The Morgan fingerprint density at radius 1 is 1.14 bits per heavy atom. The normalized spacial score (nSPS) is 12.1. The fraction of sp³-hybridized carbons (Fsp3) is 0.300. The maximum Gasteiger partial charge on any atom is 0.307 e. The molecule has 0 saturated heterocycles. The topological polar surface area (TPSA) is 102 Å². The Morgan fingerprint density at radius 2 is 1.86 bits per heavy atom. The molecule has 156 valence electrons. The van der Waals surface area contributed by atoms with E-state index in [-0.39, 0.29) is 23.4 Å². The lowest BCUT2D eigenvalue weighted by Crippen LogP contribution is -2.30. The zero-order valence-electron chi connectivity index (χ0n) is 16.1. The summed E-state index contributed by atoms with van der Waals surface area (Å²) in [6.45, 7) is 1.76. The molecule has 7 nitrogen and oxygen atoms in total. The van der Waals surface area contributed by atoms with Gasteiger partial charge in [0.2, 0.25) is 10.0 Å². The minimum Gasteiger partial charge on any atom is -0.469 e. The molecule has 1 atom stereocenters. The van der Waals surface area contributed by atoms with Gasteiger partial charge < -0.3 is 10.1 Å². The number of methoxy groups -OCH3 is 1. The van der Waals surface area contributed by atoms with Gasteiger partial charge in [0.25, 0.3) is 5.91 Å². The number of sulfonamides is 1. The largest absolute Gasteiger partial charge is 0.469 e. The van der Waals surface area contributed by atoms with Crippen LogP contribution >= 0.6 is 11.6 Å². The summed E-state index contributed by atoms with van der Waals surface area (Å²) >= 11 is 6.22. The van der Waals surface area contributed by atoms with E-state index in [1.165, 1.54) is 13.2 Å². The third kappa shape index (κ3) is 6.76. The zero-order valence-corrected chi connectivity index (χ0v) is 17.7. The molecule has 1 unspecified atom stereocenters. The molecule has 0 spiro atoms. The van der Waals surface area contributed by atoms with Gasteiger partial charge in [-0.1, -0.05) is 42.8 Å². The van der Waals surface area contributed by atoms with Gasteiger partial charge in [0.1, 0.15) is 0 Å². The average molecular weight is 439 g/mol. The van der Waals surface area contributed by atoms with Crippen LogP contribution in [0.25, 0.3) is 0 Å². The van der Waals surface area contributed by atoms with E-state index in [2.05, 4.69) is 10.0 Å². The van der Waals surface area contributed by atoms with E-state index >= 15 is 0 Å². The highest BCUT2D eigenvalue weighted by molar-refractivity contribution is 7.92. The molecule has 0 aromatic heterocycles. The molecular weight excluding hydrogens is 416 g/mol. The van der Waals surface area contributed by atoms with Gasteiger partial charge >= 0.3 is 5.97 Å². The molecule has 0 radical (unpaired) electrons. The van der Waals surface area contributed by atoms with Crippen LogP contribution in [0.3, 0.4) is 0 Å². The number of carbonyl (C=O) groups excluding carboxylic acids is 2. The highest BCUT2D eigenvalue weighted by atomic mass is 35.5. The Hall–Kier alpha value is -2.58. The van der Waals surface area contributed by atoms with E-state index in [1.807, 2.05) is 0 Å². The van der Waals surface area contributed by atoms with Gasteiger partial charge in [-0.2, -0.15) is 0 Å². The van der Waals surface area contributed by atoms with Crippen LogP contribution in [0.2, 0.25) is 5.02 Å². The first-order chi connectivity index (χ1) is 13.8. The number of benzene rings is 2. The number of carbonyl (C=O) groups is 2. The van der Waals surface area contributed by atoms with Crippen molar-refractivity contribution in [3.05, 3.63) is 64.7 Å². The van der Waals surface area contributed by atoms with Crippen molar-refractivity contribution in [2.45, 2.75) is 25.8 Å². The van der Waals surface area contributed by atoms with Gasteiger partial charge in [-0.05, 0) is 36.2 Å². The number of ether oxygens (including phenoxy) is 1. The Labute approximate surface area is 175 Å². The molecule has 1 amide bonds. The van der Waals surface area contributed by atoms with Crippen molar-refractivity contribution >= 4 is 39.2 Å². The van der Waals surface area contributed by atoms with Crippen molar-refractivity contribution in [3.63, 3.8) is 0 Å². The number of nitrogens with one attached hydrogen (secondary N) is 2. The van der Waals surface area contributed by atoms with Crippen LogP contribution in [0.5, 0.6) is 0 Å². The summed E-state index contributed by atoms with van der Waals surface area (Å²) in [7, 11) is -2.21. The first-order valence-electron chi connectivity index (χ1n) is 8.98. The molecule has 0 heterocycles. The van der Waals surface area contributed by atoms with Gasteiger partial charge in [-0.15, -0.1) is 0 Å². The van der Waals surface area contributed by atoms with Crippen molar-refractivity contribution in [2.75, 3.05) is 17.6 Å². The summed E-state index contributed by atoms with van der Waals surface area (Å²) in [6.07, 6.45) is 0.372. The van der Waals surface area contributed by atoms with Crippen molar-refractivity contribution in [1.82, 2.24) is 5.32 Å². The fourth-order valence-electron chi connectivity index (χ4n) is 2.71. The lowest BCUT2D eigenvalue weighted by atomic mass is 10.0. The van der Waals surface area contributed by atoms with Crippen molar-refractivity contribution in [1.29, 1.82) is 0 Å². The number of amides is 1. The molecule has 0 aliphatic carbocycles. The Morgan fingerprint density at radius 3 is 2.52 bits per heavy atom. The third-order valence-electron chi connectivity index (χ3n) is 4.06. The first-order valence-corrected chi connectivity index (χ1v) is 11.0. The van der Waals surface area contributed by atoms with Crippen molar-refractivity contribution in [3.8, 4) is 0 Å². The summed E-state index contributed by atoms with van der Waals surface area (Å²) < 4.78 is 31.1. The second-order valence-corrected chi connectivity index (χ2v) is 8.58. The smallest absolute Gasteiger partial charge is 0.307 e. The van der Waals surface area contributed by atoms with Gasteiger partial charge in [0, 0.05) is 16.3 Å². The first kappa shape index (κ1) is 22.7. The monoisotopic (exact) mass is 438 g/mol. The van der Waals surface area contributed by atoms with Gasteiger partial charge in [0.05, 0.1) is 25.3 Å². The van der Waals surface area contributed by atoms with Crippen LogP contribution in [0, 0.1) is 0 Å². The van der Waals surface area contributed by atoms with E-state index in [0.29, 0.717) is 17.0 Å². The molecule has 2 rings (SSSR count). The molecule has 0 saturated carbocycles. The van der Waals surface area contributed by atoms with Crippen LogP contribution in [0.1, 0.15) is 41.7 Å². The van der Waals surface area contributed by atoms with Crippen molar-refractivity contribution < 1.29 is 22.7 Å². The predicted octanol–water partition coefficient (Wildman–Crippen LogP) is 3.53. The van der Waals surface area contributed by atoms with E-state index in [4.69, 9.17) is 16.3 Å². The molecule has 9 heteroatoms. The SMILES string of the molecule is CCCS(=O)(=O)Nc1cccc(C(=O)NC(CC(=O)OC)c2ccccc2Cl)c1. The molecule has 2 aromatic carbocycles. The number of rotatable bonds is 9. The number of hydrogen-bond donors (Lipinski definition) is 2. The summed E-state index contributed by atoms with van der Waals surface area (Å²) in [6, 6.07) is 12.3. The van der Waals surface area contributed by atoms with Gasteiger partial charge in [-0.3, -0.25) is 14.3 Å². The standard InChI is InChI=1S/C20H23ClN2O5S/c1-3-11-29(26,27)23-15-8-6-7-14(12-15)20(25)22-18(13-19(24)28-2)16-9-4-5-10-17(16)21/h4-10,12,18,23H,3,11,13H2,1-2H3,(H,22,25). The summed E-state index contributed by atoms with van der Waals surface area (Å²) in [4.78, 5) is 24.6. The second kappa shape index (κ2) is 10.3. The minimum atomic E-state index is -3.48. The van der Waals surface area contributed by atoms with Crippen LogP contribution in [-0.2, 0) is 19.6 Å². The summed E-state index contributed by atoms with van der Waals surface area (Å²) in [5, 5.41) is 3.17. The Kier molecular flexibility index (Phi) is 8.04. The van der Waals surface area contributed by atoms with Crippen LogP contribution in [0.4, 0.5) is 5.69 Å². The van der Waals surface area contributed by atoms with Crippen molar-refractivity contribution in [2.24, 2.45) is 0 Å². The number of hydrogen-bond acceptors (Lipinski definition) is 5. The lowest BCUT2D eigenvalue weighted by molar-refractivity contribution is -0.141. The highest BCUT2D eigenvalue weighted by Gasteiger charge is 2.22. The fourth-order valence-corrected chi connectivity index (χ4v) is 4.10. The third-order valence-corrected chi connectivity index (χ3v) is 5.89. The molecule has 0 fully saturated rings. The lowest BCUT2D eigenvalue weighted by Gasteiger charge is -2.19. The van der Waals surface area contributed by atoms with Crippen LogP contribution < -0.4 is 10.0 Å². The average Bonchev–Trinajstić information content (AvgIpc) is 2.67. The predicted molar refractivity (Wildman–Crippen MR) is 112 cm³/mol. The number of halogens is 1. The van der Waals surface area contributed by atoms with E-state index in [0.717, 1.165) is 0 Å². The van der Waals surface area contributed by atoms with Crippen LogP contribution in [0.15, 0.2) is 48.5 Å². The molecule has 29 heavy (non-hydrogen) atoms. The van der Waals surface area contributed by atoms with E-state index in [9.17, 15) is 18.0 Å². The molecule has 2 N–H and O–H groups in total. The summed E-state index contributed by atoms with van der Waals surface area (Å²) in [5.74, 6) is -0.997. The molecule has 0 aliphatic heterocycles. The zero-order chi connectivity index (χ0) is 21.4. The maximum atomic E-state index is 12.8. The Bertz CT molecular complexity index is 978. The second-order valence-electron chi connectivity index (χ2n) is 6.33. The highest BCUT2D eigenvalue weighted by Crippen LogP contribution is 2.26. The molecule has 0 bridgehead atoms. The maximum absolute atomic E-state index is 12.8. The van der Waals surface area contributed by atoms with Crippen LogP contribution in [-0.4, -0.2) is 33.2 Å². The quantitative estimate of drug-likeness (QED) is 0.583. The molecule has 0 aliphatic rings. The van der Waals surface area contributed by atoms with E-state index < -0.39 is 27.9 Å². The van der Waals surface area contributed by atoms with Gasteiger partial charge in [0.15, 0.2) is 0 Å². The molecule has 2 aromatic rings. The van der Waals surface area contributed by atoms with Gasteiger partial charge in [-0.25, -0.2) is 8.42 Å². The minimum absolute atomic E-state index is 0.0167. The van der Waals surface area contributed by atoms with E-state index in [1.54, 1.807) is 49.4 Å². The number of anilines is 1. The number of esters is 1. The summed E-state index contributed by atoms with van der Waals surface area (Å²) in [5.41, 5.74) is 1.10. The molecular formula is C20H23ClN2O5S. The Balaban J connectivity index is 2.24.